The van der Waals surface area contributed by atoms with Crippen molar-refractivity contribution in [1.29, 1.82) is 0 Å². The topological polar surface area (TPSA) is 37.3 Å². The second kappa shape index (κ2) is 6.07. The quantitative estimate of drug-likeness (QED) is 0.893. The summed E-state index contributed by atoms with van der Waals surface area (Å²) in [6.07, 6.45) is 5.77. The van der Waals surface area contributed by atoms with Gasteiger partial charge in [0.1, 0.15) is 5.78 Å². The number of carbonyl (C=O) groups excluding carboxylic acids is 1. The molecule has 3 rings (SSSR count). The summed E-state index contributed by atoms with van der Waals surface area (Å²) >= 11 is 0. The molecule has 120 valence electrons. The van der Waals surface area contributed by atoms with Crippen LogP contribution in [0.1, 0.15) is 56.9 Å². The number of aliphatic hydroxyl groups is 1. The van der Waals surface area contributed by atoms with Crippen LogP contribution < -0.4 is 0 Å². The van der Waals surface area contributed by atoms with Crippen LogP contribution >= 0.6 is 0 Å². The van der Waals surface area contributed by atoms with Crippen LogP contribution in [0, 0.1) is 23.5 Å². The standard InChI is InChI=1S/C18H22F2O2/c19-16-3-1-2-15(17(16)20)18(22)10-8-13(9-11-18)12-4-6-14(21)7-5-12/h1-3,12-13,22H,4-11H2. The van der Waals surface area contributed by atoms with E-state index in [9.17, 15) is 18.7 Å². The lowest BCUT2D eigenvalue weighted by atomic mass is 9.68. The van der Waals surface area contributed by atoms with E-state index < -0.39 is 17.2 Å². The Morgan fingerprint density at radius 2 is 1.59 bits per heavy atom. The van der Waals surface area contributed by atoms with Crippen molar-refractivity contribution in [1.82, 2.24) is 0 Å². The molecule has 2 saturated carbocycles. The first-order valence-electron chi connectivity index (χ1n) is 8.18. The van der Waals surface area contributed by atoms with Crippen molar-refractivity contribution < 1.29 is 18.7 Å². The second-order valence-electron chi connectivity index (χ2n) is 6.85. The van der Waals surface area contributed by atoms with Crippen LogP contribution in [0.3, 0.4) is 0 Å². The summed E-state index contributed by atoms with van der Waals surface area (Å²) in [6, 6.07) is 4.01. The maximum atomic E-state index is 14.0. The Morgan fingerprint density at radius 3 is 2.23 bits per heavy atom. The molecular formula is C18H22F2O2. The molecule has 0 bridgehead atoms. The predicted molar refractivity (Wildman–Crippen MR) is 79.2 cm³/mol. The van der Waals surface area contributed by atoms with Gasteiger partial charge in [0.05, 0.1) is 5.60 Å². The molecular weight excluding hydrogens is 286 g/mol. The zero-order valence-electron chi connectivity index (χ0n) is 12.7. The molecule has 4 heteroatoms. The third-order valence-electron chi connectivity index (χ3n) is 5.56. The van der Waals surface area contributed by atoms with E-state index in [2.05, 4.69) is 0 Å². The number of hydrogen-bond donors (Lipinski definition) is 1. The van der Waals surface area contributed by atoms with Crippen LogP contribution in [0.4, 0.5) is 8.78 Å². The van der Waals surface area contributed by atoms with Gasteiger partial charge >= 0.3 is 0 Å². The van der Waals surface area contributed by atoms with E-state index >= 15 is 0 Å². The summed E-state index contributed by atoms with van der Waals surface area (Å²) in [4.78, 5) is 11.3. The van der Waals surface area contributed by atoms with Crippen molar-refractivity contribution in [3.05, 3.63) is 35.4 Å². The SMILES string of the molecule is O=C1CCC(C2CCC(O)(c3cccc(F)c3F)CC2)CC1. The minimum atomic E-state index is -1.26. The first-order valence-corrected chi connectivity index (χ1v) is 8.18. The minimum Gasteiger partial charge on any atom is -0.385 e. The highest BCUT2D eigenvalue weighted by Gasteiger charge is 2.39. The van der Waals surface area contributed by atoms with E-state index in [1.807, 2.05) is 0 Å². The summed E-state index contributed by atoms with van der Waals surface area (Å²) in [6.45, 7) is 0. The molecule has 2 nitrogen and oxygen atoms in total. The van der Waals surface area contributed by atoms with Gasteiger partial charge in [0.15, 0.2) is 11.6 Å². The zero-order chi connectivity index (χ0) is 15.7. The van der Waals surface area contributed by atoms with Crippen molar-refractivity contribution in [2.45, 2.75) is 57.0 Å². The Balaban J connectivity index is 1.68. The van der Waals surface area contributed by atoms with Crippen LogP contribution in [0.5, 0.6) is 0 Å². The molecule has 0 heterocycles. The average Bonchev–Trinajstić information content (AvgIpc) is 2.52. The van der Waals surface area contributed by atoms with Crippen molar-refractivity contribution in [2.24, 2.45) is 11.8 Å². The molecule has 2 fully saturated rings. The van der Waals surface area contributed by atoms with E-state index in [1.165, 1.54) is 12.1 Å². The molecule has 0 aromatic heterocycles. The van der Waals surface area contributed by atoms with Crippen molar-refractivity contribution in [3.8, 4) is 0 Å². The number of halogens is 2. The van der Waals surface area contributed by atoms with Gasteiger partial charge < -0.3 is 5.11 Å². The Hall–Kier alpha value is -1.29. The van der Waals surface area contributed by atoms with Gasteiger partial charge in [-0.2, -0.15) is 0 Å². The molecule has 1 N–H and O–H groups in total. The van der Waals surface area contributed by atoms with Gasteiger partial charge in [0.25, 0.3) is 0 Å². The molecule has 0 atom stereocenters. The molecule has 0 radical (unpaired) electrons. The third-order valence-corrected chi connectivity index (χ3v) is 5.56. The van der Waals surface area contributed by atoms with Crippen molar-refractivity contribution >= 4 is 5.78 Å². The van der Waals surface area contributed by atoms with Crippen LogP contribution in [0.2, 0.25) is 0 Å². The normalized spacial score (nSPS) is 30.5. The number of Topliss-reactive ketones (excluding diaryl/α,β-unsaturated/α-hetero) is 1. The minimum absolute atomic E-state index is 0.0878. The molecule has 22 heavy (non-hydrogen) atoms. The van der Waals surface area contributed by atoms with Gasteiger partial charge in [-0.05, 0) is 56.4 Å². The molecule has 2 aliphatic carbocycles. The first-order chi connectivity index (χ1) is 10.5. The van der Waals surface area contributed by atoms with Gasteiger partial charge in [0, 0.05) is 18.4 Å². The number of carbonyl (C=O) groups is 1. The third kappa shape index (κ3) is 2.94. The molecule has 0 unspecified atom stereocenters. The van der Waals surface area contributed by atoms with Gasteiger partial charge in [-0.15, -0.1) is 0 Å². The monoisotopic (exact) mass is 308 g/mol. The summed E-state index contributed by atoms with van der Waals surface area (Å²) < 4.78 is 27.3. The van der Waals surface area contributed by atoms with Crippen LogP contribution in [-0.4, -0.2) is 10.9 Å². The smallest absolute Gasteiger partial charge is 0.164 e. The highest BCUT2D eigenvalue weighted by Crippen LogP contribution is 2.45. The van der Waals surface area contributed by atoms with Gasteiger partial charge in [-0.1, -0.05) is 12.1 Å². The molecule has 1 aromatic carbocycles. The molecule has 0 spiro atoms. The molecule has 2 aliphatic rings. The largest absolute Gasteiger partial charge is 0.385 e. The summed E-state index contributed by atoms with van der Waals surface area (Å²) in [5, 5.41) is 10.7. The number of ketones is 1. The fourth-order valence-electron chi connectivity index (χ4n) is 4.16. The highest BCUT2D eigenvalue weighted by molar-refractivity contribution is 5.79. The lowest BCUT2D eigenvalue weighted by Crippen LogP contribution is -2.35. The molecule has 1 aromatic rings. The maximum absolute atomic E-state index is 14.0. The number of rotatable bonds is 2. The first kappa shape index (κ1) is 15.6. The van der Waals surface area contributed by atoms with Crippen molar-refractivity contribution in [2.75, 3.05) is 0 Å². The van der Waals surface area contributed by atoms with E-state index in [0.717, 1.165) is 31.7 Å². The van der Waals surface area contributed by atoms with E-state index in [0.29, 0.717) is 43.3 Å². The Labute approximate surface area is 129 Å². The number of hydrogen-bond acceptors (Lipinski definition) is 2. The van der Waals surface area contributed by atoms with Gasteiger partial charge in [-0.3, -0.25) is 4.79 Å². The number of benzene rings is 1. The Bertz CT molecular complexity index is 552. The fourth-order valence-corrected chi connectivity index (χ4v) is 4.16. The lowest BCUT2D eigenvalue weighted by molar-refractivity contribution is -0.121. The van der Waals surface area contributed by atoms with Gasteiger partial charge in [0.2, 0.25) is 0 Å². The Kier molecular flexibility index (Phi) is 4.31. The second-order valence-corrected chi connectivity index (χ2v) is 6.85. The fraction of sp³-hybridized carbons (Fsp3) is 0.611. The predicted octanol–water partition coefficient (Wildman–Crippen LogP) is 4.10. The molecule has 0 aliphatic heterocycles. The average molecular weight is 308 g/mol. The van der Waals surface area contributed by atoms with Crippen LogP contribution in [-0.2, 0) is 10.4 Å². The highest BCUT2D eigenvalue weighted by atomic mass is 19.2. The van der Waals surface area contributed by atoms with E-state index in [-0.39, 0.29) is 5.56 Å². The summed E-state index contributed by atoms with van der Waals surface area (Å²) in [7, 11) is 0. The molecule has 0 saturated heterocycles. The zero-order valence-corrected chi connectivity index (χ0v) is 12.7. The molecule has 0 amide bonds. The summed E-state index contributed by atoms with van der Waals surface area (Å²) in [5.41, 5.74) is -1.17. The lowest BCUT2D eigenvalue weighted by Gasteiger charge is -2.40. The van der Waals surface area contributed by atoms with Gasteiger partial charge in [-0.25, -0.2) is 8.78 Å². The van der Waals surface area contributed by atoms with Crippen molar-refractivity contribution in [3.63, 3.8) is 0 Å². The maximum Gasteiger partial charge on any atom is 0.164 e. The summed E-state index contributed by atoms with van der Waals surface area (Å²) in [5.74, 6) is -0.444. The van der Waals surface area contributed by atoms with E-state index in [1.54, 1.807) is 0 Å². The Morgan fingerprint density at radius 1 is 1.00 bits per heavy atom. The van der Waals surface area contributed by atoms with Crippen LogP contribution in [0.15, 0.2) is 18.2 Å². The van der Waals surface area contributed by atoms with Crippen LogP contribution in [0.25, 0.3) is 0 Å². The van der Waals surface area contributed by atoms with E-state index in [4.69, 9.17) is 0 Å².